The molecular formula is C25H24BrN3O5. The minimum Gasteiger partial charge on any atom is -0.507 e. The van der Waals surface area contributed by atoms with Gasteiger partial charge in [-0.15, -0.1) is 0 Å². The van der Waals surface area contributed by atoms with Crippen LogP contribution in [0.2, 0.25) is 0 Å². The van der Waals surface area contributed by atoms with Crippen LogP contribution < -0.4 is 9.47 Å². The Balaban J connectivity index is 1.81. The number of aliphatic hydroxyl groups excluding tert-OH is 1. The van der Waals surface area contributed by atoms with E-state index in [-0.39, 0.29) is 11.3 Å². The molecule has 0 aliphatic carbocycles. The number of amides is 1. The molecule has 1 N–H and O–H groups in total. The molecule has 1 saturated heterocycles. The highest BCUT2D eigenvalue weighted by atomic mass is 79.9. The van der Waals surface area contributed by atoms with Crippen molar-refractivity contribution in [1.29, 1.82) is 0 Å². The Hall–Kier alpha value is -3.59. The molecule has 1 aliphatic rings. The number of hydrogen-bond donors (Lipinski definition) is 1. The predicted octanol–water partition coefficient (Wildman–Crippen LogP) is 4.17. The summed E-state index contributed by atoms with van der Waals surface area (Å²) < 4.78 is 13.7. The number of carbonyl (C=O) groups is 2. The molecule has 176 valence electrons. The Labute approximate surface area is 205 Å². The number of aromatic nitrogens is 2. The molecule has 0 bridgehead atoms. The monoisotopic (exact) mass is 525 g/mol. The van der Waals surface area contributed by atoms with E-state index >= 15 is 0 Å². The van der Waals surface area contributed by atoms with E-state index < -0.39 is 17.7 Å². The Kier molecular flexibility index (Phi) is 7.02. The van der Waals surface area contributed by atoms with Crippen LogP contribution in [0, 0.1) is 0 Å². The maximum Gasteiger partial charge on any atom is 0.295 e. The van der Waals surface area contributed by atoms with Crippen LogP contribution in [-0.2, 0) is 16.1 Å². The average Bonchev–Trinajstić information content (AvgIpc) is 3.46. The molecule has 8 nitrogen and oxygen atoms in total. The number of hydrogen-bond acceptors (Lipinski definition) is 6. The molecule has 1 atom stereocenters. The van der Waals surface area contributed by atoms with Gasteiger partial charge in [-0.1, -0.05) is 28.1 Å². The van der Waals surface area contributed by atoms with Crippen LogP contribution in [0.4, 0.5) is 0 Å². The number of aryl methyl sites for hydroxylation is 1. The maximum atomic E-state index is 13.2. The predicted molar refractivity (Wildman–Crippen MR) is 130 cm³/mol. The third kappa shape index (κ3) is 4.56. The van der Waals surface area contributed by atoms with Gasteiger partial charge in [-0.25, -0.2) is 4.98 Å². The smallest absolute Gasteiger partial charge is 0.295 e. The highest BCUT2D eigenvalue weighted by Gasteiger charge is 2.47. The zero-order chi connectivity index (χ0) is 24.2. The van der Waals surface area contributed by atoms with Gasteiger partial charge in [-0.3, -0.25) is 9.59 Å². The fourth-order valence-electron chi connectivity index (χ4n) is 4.09. The van der Waals surface area contributed by atoms with E-state index in [1.165, 1.54) is 19.1 Å². The summed E-state index contributed by atoms with van der Waals surface area (Å²) in [5.74, 6) is -0.618. The minimum atomic E-state index is -0.837. The maximum absolute atomic E-state index is 13.2. The molecule has 1 aliphatic heterocycles. The van der Waals surface area contributed by atoms with Crippen molar-refractivity contribution in [2.75, 3.05) is 20.8 Å². The fourth-order valence-corrected chi connectivity index (χ4v) is 4.36. The molecule has 2 aromatic carbocycles. The molecule has 0 radical (unpaired) electrons. The SMILES string of the molecule is COc1ccc(OC)c([C@@H]2/C(=C(\O)c3ccc(Br)cc3)C(=O)C(=O)N2CCCn2ccnc2)c1. The van der Waals surface area contributed by atoms with E-state index in [2.05, 4.69) is 20.9 Å². The first-order valence-electron chi connectivity index (χ1n) is 10.7. The average molecular weight is 526 g/mol. The molecule has 3 aromatic rings. The number of nitrogens with zero attached hydrogens (tertiary/aromatic N) is 3. The number of rotatable bonds is 8. The van der Waals surface area contributed by atoms with Crippen molar-refractivity contribution in [2.45, 2.75) is 19.0 Å². The quantitative estimate of drug-likeness (QED) is 0.269. The van der Waals surface area contributed by atoms with E-state index in [0.29, 0.717) is 42.1 Å². The first-order chi connectivity index (χ1) is 16.4. The van der Waals surface area contributed by atoms with Crippen LogP contribution in [0.25, 0.3) is 5.76 Å². The van der Waals surface area contributed by atoms with Gasteiger partial charge in [0.25, 0.3) is 11.7 Å². The summed E-state index contributed by atoms with van der Waals surface area (Å²) >= 11 is 3.37. The first kappa shape index (κ1) is 23.6. The standard InChI is InChI=1S/C25H24BrN3O5/c1-33-18-8-9-20(34-2)19(14-18)22-21(23(30)16-4-6-17(26)7-5-16)24(31)25(32)29(22)12-3-11-28-13-10-27-15-28/h4-10,13-15,22,30H,3,11-12H2,1-2H3/b23-21+/t22-/m1/s1. The highest BCUT2D eigenvalue weighted by molar-refractivity contribution is 9.10. The lowest BCUT2D eigenvalue weighted by Gasteiger charge is -2.27. The summed E-state index contributed by atoms with van der Waals surface area (Å²) in [6, 6.07) is 11.2. The molecule has 2 heterocycles. The summed E-state index contributed by atoms with van der Waals surface area (Å²) in [5.41, 5.74) is 1.01. The summed E-state index contributed by atoms with van der Waals surface area (Å²) in [5, 5.41) is 11.2. The van der Waals surface area contributed by atoms with Crippen LogP contribution in [0.3, 0.4) is 0 Å². The van der Waals surface area contributed by atoms with Crippen LogP contribution in [0.5, 0.6) is 11.5 Å². The molecule has 1 fully saturated rings. The van der Waals surface area contributed by atoms with Gasteiger partial charge in [0, 0.05) is 41.1 Å². The second-order valence-corrected chi connectivity index (χ2v) is 8.68. The Morgan fingerprint density at radius 3 is 2.50 bits per heavy atom. The number of benzene rings is 2. The zero-order valence-electron chi connectivity index (χ0n) is 18.8. The van der Waals surface area contributed by atoms with Crippen molar-refractivity contribution < 1.29 is 24.2 Å². The number of aliphatic hydroxyl groups is 1. The summed E-state index contributed by atoms with van der Waals surface area (Å²) in [4.78, 5) is 31.9. The lowest BCUT2D eigenvalue weighted by Crippen LogP contribution is -2.31. The second-order valence-electron chi connectivity index (χ2n) is 7.76. The zero-order valence-corrected chi connectivity index (χ0v) is 20.4. The van der Waals surface area contributed by atoms with Gasteiger partial charge >= 0.3 is 0 Å². The molecule has 9 heteroatoms. The molecule has 1 amide bonds. The molecule has 0 saturated carbocycles. The molecule has 0 unspecified atom stereocenters. The van der Waals surface area contributed by atoms with Gasteiger partial charge in [0.2, 0.25) is 0 Å². The van der Waals surface area contributed by atoms with Crippen LogP contribution in [0.15, 0.2) is 71.2 Å². The van der Waals surface area contributed by atoms with Gasteiger partial charge < -0.3 is 24.0 Å². The lowest BCUT2D eigenvalue weighted by molar-refractivity contribution is -0.140. The number of ether oxygens (including phenoxy) is 2. The topological polar surface area (TPSA) is 93.9 Å². The Morgan fingerprint density at radius 2 is 1.85 bits per heavy atom. The van der Waals surface area contributed by atoms with E-state index in [1.54, 1.807) is 55.0 Å². The van der Waals surface area contributed by atoms with Crippen molar-refractivity contribution >= 4 is 33.4 Å². The van der Waals surface area contributed by atoms with Crippen molar-refractivity contribution in [3.8, 4) is 11.5 Å². The molecule has 4 rings (SSSR count). The van der Waals surface area contributed by atoms with Gasteiger partial charge in [-0.05, 0) is 36.8 Å². The number of carbonyl (C=O) groups excluding carboxylic acids is 2. The summed E-state index contributed by atoms with van der Waals surface area (Å²) in [7, 11) is 3.06. The fraction of sp³-hybridized carbons (Fsp3) is 0.240. The van der Waals surface area contributed by atoms with Gasteiger partial charge in [0.05, 0.1) is 32.2 Å². The van der Waals surface area contributed by atoms with Crippen LogP contribution >= 0.6 is 15.9 Å². The van der Waals surface area contributed by atoms with Crippen molar-refractivity contribution in [2.24, 2.45) is 0 Å². The third-order valence-corrected chi connectivity index (χ3v) is 6.29. The Bertz CT molecular complexity index is 1220. The Morgan fingerprint density at radius 1 is 1.09 bits per heavy atom. The minimum absolute atomic E-state index is 0.0153. The molecule has 34 heavy (non-hydrogen) atoms. The van der Waals surface area contributed by atoms with Gasteiger partial charge in [0.15, 0.2) is 0 Å². The van der Waals surface area contributed by atoms with E-state index in [1.807, 2.05) is 10.8 Å². The van der Waals surface area contributed by atoms with E-state index in [9.17, 15) is 14.7 Å². The first-order valence-corrected chi connectivity index (χ1v) is 11.5. The lowest BCUT2D eigenvalue weighted by atomic mass is 9.94. The summed E-state index contributed by atoms with van der Waals surface area (Å²) in [6.45, 7) is 0.919. The van der Waals surface area contributed by atoms with Crippen LogP contribution in [0.1, 0.15) is 23.6 Å². The van der Waals surface area contributed by atoms with Gasteiger partial charge in [0.1, 0.15) is 17.3 Å². The second kappa shape index (κ2) is 10.1. The van der Waals surface area contributed by atoms with Gasteiger partial charge in [-0.2, -0.15) is 0 Å². The number of halogens is 1. The van der Waals surface area contributed by atoms with Crippen molar-refractivity contribution in [3.05, 3.63) is 82.4 Å². The number of imidazole rings is 1. The van der Waals surface area contributed by atoms with Crippen LogP contribution in [-0.4, -0.2) is 52.0 Å². The molecular weight excluding hydrogens is 502 g/mol. The number of methoxy groups -OCH3 is 2. The van der Waals surface area contributed by atoms with E-state index in [0.717, 1.165) is 4.47 Å². The molecule has 0 spiro atoms. The highest BCUT2D eigenvalue weighted by Crippen LogP contribution is 2.44. The number of likely N-dealkylation sites (tertiary alicyclic amines) is 1. The van der Waals surface area contributed by atoms with Crippen molar-refractivity contribution in [3.63, 3.8) is 0 Å². The number of Topliss-reactive ketones (excluding diaryl/α,β-unsaturated/α-hetero) is 1. The summed E-state index contributed by atoms with van der Waals surface area (Å²) in [6.07, 6.45) is 5.81. The third-order valence-electron chi connectivity index (χ3n) is 5.76. The van der Waals surface area contributed by atoms with Crippen molar-refractivity contribution in [1.82, 2.24) is 14.5 Å². The number of ketones is 1. The molecule has 1 aromatic heterocycles. The largest absolute Gasteiger partial charge is 0.507 e. The van der Waals surface area contributed by atoms with E-state index in [4.69, 9.17) is 9.47 Å². The normalized spacial score (nSPS) is 17.3.